The summed E-state index contributed by atoms with van der Waals surface area (Å²) in [6.07, 6.45) is 8.83. The number of allylic oxidation sites excluding steroid dienone is 4. The normalized spacial score (nSPS) is 37.4. The summed E-state index contributed by atoms with van der Waals surface area (Å²) < 4.78 is 0. The van der Waals surface area contributed by atoms with Crippen LogP contribution in [0.1, 0.15) is 33.1 Å². The van der Waals surface area contributed by atoms with E-state index in [1.165, 1.54) is 19.3 Å². The van der Waals surface area contributed by atoms with Crippen molar-refractivity contribution in [1.29, 1.82) is 0 Å². The van der Waals surface area contributed by atoms with Gasteiger partial charge in [0.15, 0.2) is 0 Å². The van der Waals surface area contributed by atoms with Crippen molar-refractivity contribution < 1.29 is 0 Å². The van der Waals surface area contributed by atoms with Gasteiger partial charge >= 0.3 is 0 Å². The quantitative estimate of drug-likeness (QED) is 0.483. The Bertz CT molecular complexity index is 220. The maximum Gasteiger partial charge on any atom is 0.0273 e. The van der Waals surface area contributed by atoms with Crippen LogP contribution in [0.2, 0.25) is 0 Å². The molecule has 0 heteroatoms. The highest BCUT2D eigenvalue weighted by Gasteiger charge is 2.39. The van der Waals surface area contributed by atoms with Crippen molar-refractivity contribution in [3.05, 3.63) is 23.3 Å². The Morgan fingerprint density at radius 3 is 2.60 bits per heavy atom. The Hall–Kier alpha value is -0.520. The Morgan fingerprint density at radius 2 is 2.20 bits per heavy atom. The summed E-state index contributed by atoms with van der Waals surface area (Å²) in [5.41, 5.74) is 3.68. The van der Waals surface area contributed by atoms with Crippen molar-refractivity contribution in [3.63, 3.8) is 0 Å². The first-order valence-electron chi connectivity index (χ1n) is 4.13. The Kier molecular flexibility index (Phi) is 1.08. The van der Waals surface area contributed by atoms with Gasteiger partial charge in [0.2, 0.25) is 0 Å². The monoisotopic (exact) mass is 134 g/mol. The lowest BCUT2D eigenvalue weighted by molar-refractivity contribution is 0.697. The summed E-state index contributed by atoms with van der Waals surface area (Å²) in [7, 11) is 0. The van der Waals surface area contributed by atoms with Gasteiger partial charge in [0, 0.05) is 5.41 Å². The minimum Gasteiger partial charge on any atom is -0.0841 e. The van der Waals surface area contributed by atoms with Crippen molar-refractivity contribution in [2.45, 2.75) is 33.1 Å². The van der Waals surface area contributed by atoms with Gasteiger partial charge in [-0.05, 0) is 33.1 Å². The first-order valence-corrected chi connectivity index (χ1v) is 4.13. The predicted molar refractivity (Wildman–Crippen MR) is 43.8 cm³/mol. The zero-order chi connectivity index (χ0) is 7.19. The van der Waals surface area contributed by atoms with Gasteiger partial charge in [-0.2, -0.15) is 0 Å². The first kappa shape index (κ1) is 6.21. The summed E-state index contributed by atoms with van der Waals surface area (Å²) in [6, 6.07) is 0. The fraction of sp³-hybridized carbons (Fsp3) is 0.600. The van der Waals surface area contributed by atoms with E-state index >= 15 is 0 Å². The minimum absolute atomic E-state index is 0.441. The third kappa shape index (κ3) is 0.681. The Morgan fingerprint density at radius 1 is 1.50 bits per heavy atom. The highest BCUT2D eigenvalue weighted by atomic mass is 14.4. The van der Waals surface area contributed by atoms with E-state index in [0.29, 0.717) is 5.41 Å². The van der Waals surface area contributed by atoms with Crippen LogP contribution in [-0.2, 0) is 0 Å². The molecular weight excluding hydrogens is 120 g/mol. The molecule has 0 N–H and O–H groups in total. The van der Waals surface area contributed by atoms with E-state index in [1.807, 2.05) is 0 Å². The second-order valence-electron chi connectivity index (χ2n) is 3.65. The molecular formula is C10H14. The van der Waals surface area contributed by atoms with E-state index in [2.05, 4.69) is 26.0 Å². The molecule has 0 aromatic carbocycles. The second kappa shape index (κ2) is 1.75. The molecule has 0 nitrogen and oxygen atoms in total. The van der Waals surface area contributed by atoms with Gasteiger partial charge in [-0.3, -0.25) is 0 Å². The lowest BCUT2D eigenvalue weighted by Crippen LogP contribution is -2.00. The molecule has 0 spiro atoms. The van der Waals surface area contributed by atoms with Crippen molar-refractivity contribution >= 4 is 0 Å². The van der Waals surface area contributed by atoms with E-state index in [4.69, 9.17) is 0 Å². The van der Waals surface area contributed by atoms with Gasteiger partial charge in [-0.15, -0.1) is 0 Å². The van der Waals surface area contributed by atoms with Gasteiger partial charge in [-0.25, -0.2) is 0 Å². The van der Waals surface area contributed by atoms with Crippen LogP contribution in [-0.4, -0.2) is 0 Å². The lowest BCUT2D eigenvalue weighted by Gasteiger charge is -2.11. The van der Waals surface area contributed by atoms with Crippen LogP contribution in [0.25, 0.3) is 0 Å². The first-order chi connectivity index (χ1) is 4.73. The third-order valence-corrected chi connectivity index (χ3v) is 2.95. The van der Waals surface area contributed by atoms with Crippen LogP contribution in [0.15, 0.2) is 23.3 Å². The summed E-state index contributed by atoms with van der Waals surface area (Å²) in [6.45, 7) is 4.57. The number of hydrogen-bond donors (Lipinski definition) is 0. The summed E-state index contributed by atoms with van der Waals surface area (Å²) in [5.74, 6) is 0. The second-order valence-corrected chi connectivity index (χ2v) is 3.65. The summed E-state index contributed by atoms with van der Waals surface area (Å²) in [5, 5.41) is 0. The van der Waals surface area contributed by atoms with Crippen molar-refractivity contribution in [1.82, 2.24) is 0 Å². The van der Waals surface area contributed by atoms with Crippen LogP contribution >= 0.6 is 0 Å². The maximum absolute atomic E-state index is 2.42. The SMILES string of the molecule is CC1=CC1(C)C1=CCCC1. The topological polar surface area (TPSA) is 0 Å². The van der Waals surface area contributed by atoms with E-state index in [1.54, 1.807) is 11.1 Å². The average Bonchev–Trinajstić information content (AvgIpc) is 2.35. The third-order valence-electron chi connectivity index (χ3n) is 2.95. The standard InChI is InChI=1S/C10H14/c1-8-7-10(8,2)9-5-3-4-6-9/h5,7H,3-4,6H2,1-2H3. The molecule has 0 aromatic rings. The van der Waals surface area contributed by atoms with Crippen molar-refractivity contribution in [2.75, 3.05) is 0 Å². The zero-order valence-electron chi connectivity index (χ0n) is 6.78. The molecule has 0 radical (unpaired) electrons. The molecule has 0 amide bonds. The molecule has 0 saturated heterocycles. The van der Waals surface area contributed by atoms with Crippen molar-refractivity contribution in [2.24, 2.45) is 5.41 Å². The van der Waals surface area contributed by atoms with Crippen LogP contribution in [0.4, 0.5) is 0 Å². The fourth-order valence-corrected chi connectivity index (χ4v) is 1.89. The predicted octanol–water partition coefficient (Wildman–Crippen LogP) is 3.06. The maximum atomic E-state index is 2.42. The number of hydrogen-bond acceptors (Lipinski definition) is 0. The van der Waals surface area contributed by atoms with Crippen LogP contribution in [0, 0.1) is 5.41 Å². The van der Waals surface area contributed by atoms with Gasteiger partial charge in [-0.1, -0.05) is 23.3 Å². The highest BCUT2D eigenvalue weighted by Crippen LogP contribution is 2.52. The molecule has 0 aromatic heterocycles. The molecule has 1 unspecified atom stereocenters. The van der Waals surface area contributed by atoms with E-state index < -0.39 is 0 Å². The van der Waals surface area contributed by atoms with E-state index in [-0.39, 0.29) is 0 Å². The molecule has 0 saturated carbocycles. The van der Waals surface area contributed by atoms with Crippen molar-refractivity contribution in [3.8, 4) is 0 Å². The molecule has 0 heterocycles. The molecule has 0 fully saturated rings. The zero-order valence-corrected chi connectivity index (χ0v) is 6.78. The molecule has 0 aliphatic heterocycles. The average molecular weight is 134 g/mol. The lowest BCUT2D eigenvalue weighted by atomic mass is 9.92. The highest BCUT2D eigenvalue weighted by molar-refractivity contribution is 5.47. The molecule has 1 atom stereocenters. The van der Waals surface area contributed by atoms with Gasteiger partial charge in [0.25, 0.3) is 0 Å². The van der Waals surface area contributed by atoms with Crippen LogP contribution in [0.3, 0.4) is 0 Å². The molecule has 54 valence electrons. The molecule has 0 bridgehead atoms. The smallest absolute Gasteiger partial charge is 0.0273 e. The van der Waals surface area contributed by atoms with E-state index in [9.17, 15) is 0 Å². The summed E-state index contributed by atoms with van der Waals surface area (Å²) >= 11 is 0. The molecule has 2 aliphatic carbocycles. The fourth-order valence-electron chi connectivity index (χ4n) is 1.89. The van der Waals surface area contributed by atoms with E-state index in [0.717, 1.165) is 0 Å². The molecule has 10 heavy (non-hydrogen) atoms. The number of rotatable bonds is 1. The van der Waals surface area contributed by atoms with Gasteiger partial charge < -0.3 is 0 Å². The van der Waals surface area contributed by atoms with Crippen LogP contribution in [0.5, 0.6) is 0 Å². The van der Waals surface area contributed by atoms with Gasteiger partial charge in [0.05, 0.1) is 0 Å². The Labute approximate surface area is 62.6 Å². The minimum atomic E-state index is 0.441. The van der Waals surface area contributed by atoms with Gasteiger partial charge in [0.1, 0.15) is 0 Å². The molecule has 2 rings (SSSR count). The largest absolute Gasteiger partial charge is 0.0841 e. The van der Waals surface area contributed by atoms with Crippen LogP contribution < -0.4 is 0 Å². The Balaban J connectivity index is 2.14. The molecule has 2 aliphatic rings. The summed E-state index contributed by atoms with van der Waals surface area (Å²) in [4.78, 5) is 0.